The van der Waals surface area contributed by atoms with Gasteiger partial charge < -0.3 is 14.6 Å². The van der Waals surface area contributed by atoms with Gasteiger partial charge in [0.15, 0.2) is 0 Å². The van der Waals surface area contributed by atoms with Crippen molar-refractivity contribution in [2.45, 2.75) is 59.0 Å². The summed E-state index contributed by atoms with van der Waals surface area (Å²) in [5, 5.41) is 7.41. The molecule has 0 saturated carbocycles. The maximum Gasteiger partial charge on any atom is 0.223 e. The van der Waals surface area contributed by atoms with Crippen LogP contribution in [0.25, 0.3) is 0 Å². The van der Waals surface area contributed by atoms with Crippen LogP contribution in [0, 0.1) is 25.7 Å². The van der Waals surface area contributed by atoms with Crippen molar-refractivity contribution in [3.63, 3.8) is 0 Å². The first kappa shape index (κ1) is 18.4. The number of nitrogens with zero attached hydrogens (tertiary/aromatic N) is 2. The maximum atomic E-state index is 12.6. The molecule has 140 valence electrons. The predicted octanol–water partition coefficient (Wildman–Crippen LogP) is 2.43. The van der Waals surface area contributed by atoms with Crippen LogP contribution in [0.15, 0.2) is 4.52 Å². The van der Waals surface area contributed by atoms with Gasteiger partial charge in [-0.15, -0.1) is 0 Å². The lowest BCUT2D eigenvalue weighted by Gasteiger charge is -2.25. The standard InChI is InChI=1S/C19H31N3O3/c1-4-5-16-10-22(11-17-13(2)21-25-14(17)3)12-18(16)20-19(23)15-6-8-24-9-7-15/h15-16,18H,4-12H2,1-3H3,(H,20,23)/t16-,18-/m1/s1. The number of likely N-dealkylation sites (tertiary alicyclic amines) is 1. The zero-order chi connectivity index (χ0) is 17.8. The SMILES string of the molecule is CCC[C@@H]1CN(Cc2c(C)noc2C)C[C@H]1NC(=O)C1CCOCC1. The number of amides is 1. The van der Waals surface area contributed by atoms with E-state index in [2.05, 4.69) is 22.3 Å². The summed E-state index contributed by atoms with van der Waals surface area (Å²) < 4.78 is 10.7. The highest BCUT2D eigenvalue weighted by atomic mass is 16.5. The van der Waals surface area contributed by atoms with E-state index in [1.807, 2.05) is 13.8 Å². The molecule has 1 aromatic heterocycles. The molecular weight excluding hydrogens is 318 g/mol. The highest BCUT2D eigenvalue weighted by Gasteiger charge is 2.35. The third kappa shape index (κ3) is 4.42. The fraction of sp³-hybridized carbons (Fsp3) is 0.789. The second kappa shape index (κ2) is 8.32. The summed E-state index contributed by atoms with van der Waals surface area (Å²) in [5.74, 6) is 1.76. The Hall–Kier alpha value is -1.40. The van der Waals surface area contributed by atoms with Gasteiger partial charge in [-0.3, -0.25) is 9.69 Å². The minimum Gasteiger partial charge on any atom is -0.381 e. The third-order valence-electron chi connectivity index (χ3n) is 5.66. The molecule has 0 radical (unpaired) electrons. The number of carbonyl (C=O) groups excluding carboxylic acids is 1. The van der Waals surface area contributed by atoms with Crippen LogP contribution in [0.4, 0.5) is 0 Å². The van der Waals surface area contributed by atoms with E-state index in [9.17, 15) is 4.79 Å². The second-order valence-corrected chi connectivity index (χ2v) is 7.55. The molecule has 3 heterocycles. The number of aromatic nitrogens is 1. The third-order valence-corrected chi connectivity index (χ3v) is 5.66. The average Bonchev–Trinajstić information content (AvgIpc) is 3.14. The van der Waals surface area contributed by atoms with Crippen LogP contribution in [0.2, 0.25) is 0 Å². The zero-order valence-corrected chi connectivity index (χ0v) is 15.7. The van der Waals surface area contributed by atoms with Gasteiger partial charge in [0.1, 0.15) is 5.76 Å². The largest absolute Gasteiger partial charge is 0.381 e. The molecule has 1 aromatic rings. The van der Waals surface area contributed by atoms with Gasteiger partial charge in [-0.2, -0.15) is 0 Å². The van der Waals surface area contributed by atoms with Gasteiger partial charge in [0, 0.05) is 50.4 Å². The fourth-order valence-electron chi connectivity index (χ4n) is 4.13. The molecule has 0 unspecified atom stereocenters. The van der Waals surface area contributed by atoms with Crippen LogP contribution >= 0.6 is 0 Å². The number of carbonyl (C=O) groups is 1. The molecule has 2 aliphatic heterocycles. The molecule has 1 N–H and O–H groups in total. The van der Waals surface area contributed by atoms with Crippen molar-refractivity contribution in [2.24, 2.45) is 11.8 Å². The number of hydrogen-bond acceptors (Lipinski definition) is 5. The van der Waals surface area contributed by atoms with Crippen LogP contribution in [-0.4, -0.2) is 48.3 Å². The Morgan fingerprint density at radius 3 is 2.68 bits per heavy atom. The van der Waals surface area contributed by atoms with E-state index in [-0.39, 0.29) is 17.9 Å². The van der Waals surface area contributed by atoms with Crippen LogP contribution in [-0.2, 0) is 16.1 Å². The summed E-state index contributed by atoms with van der Waals surface area (Å²) in [7, 11) is 0. The first-order valence-electron chi connectivity index (χ1n) is 9.60. The molecule has 1 amide bonds. The maximum absolute atomic E-state index is 12.6. The van der Waals surface area contributed by atoms with Crippen molar-refractivity contribution in [3.05, 3.63) is 17.0 Å². The predicted molar refractivity (Wildman–Crippen MR) is 95.1 cm³/mol. The van der Waals surface area contributed by atoms with Crippen molar-refractivity contribution >= 4 is 5.91 Å². The fourth-order valence-corrected chi connectivity index (χ4v) is 4.13. The Morgan fingerprint density at radius 2 is 2.04 bits per heavy atom. The average molecular weight is 349 g/mol. The molecule has 2 fully saturated rings. The van der Waals surface area contributed by atoms with Crippen molar-refractivity contribution in [3.8, 4) is 0 Å². The Morgan fingerprint density at radius 1 is 1.28 bits per heavy atom. The molecule has 2 aliphatic rings. The van der Waals surface area contributed by atoms with Crippen LogP contribution in [0.3, 0.4) is 0 Å². The summed E-state index contributed by atoms with van der Waals surface area (Å²) in [6, 6.07) is 0.246. The molecule has 6 heteroatoms. The van der Waals surface area contributed by atoms with E-state index in [0.29, 0.717) is 19.1 Å². The van der Waals surface area contributed by atoms with E-state index in [1.54, 1.807) is 0 Å². The van der Waals surface area contributed by atoms with E-state index in [4.69, 9.17) is 9.26 Å². The lowest BCUT2D eigenvalue weighted by atomic mass is 9.95. The highest BCUT2D eigenvalue weighted by molar-refractivity contribution is 5.79. The Labute approximate surface area is 150 Å². The van der Waals surface area contributed by atoms with Gasteiger partial charge in [0.2, 0.25) is 5.91 Å². The monoisotopic (exact) mass is 349 g/mol. The number of ether oxygens (including phenoxy) is 1. The minimum absolute atomic E-state index is 0.118. The zero-order valence-electron chi connectivity index (χ0n) is 15.7. The van der Waals surface area contributed by atoms with Gasteiger partial charge >= 0.3 is 0 Å². The topological polar surface area (TPSA) is 67.6 Å². The molecule has 25 heavy (non-hydrogen) atoms. The smallest absolute Gasteiger partial charge is 0.223 e. The molecule has 2 atom stereocenters. The van der Waals surface area contributed by atoms with Crippen molar-refractivity contribution in [2.75, 3.05) is 26.3 Å². The van der Waals surface area contributed by atoms with Crippen LogP contribution in [0.1, 0.15) is 49.6 Å². The summed E-state index contributed by atoms with van der Waals surface area (Å²) in [4.78, 5) is 15.1. The second-order valence-electron chi connectivity index (χ2n) is 7.55. The Bertz CT molecular complexity index is 561. The lowest BCUT2D eigenvalue weighted by molar-refractivity contribution is -0.128. The number of aryl methyl sites for hydroxylation is 2. The first-order chi connectivity index (χ1) is 12.1. The number of hydrogen-bond donors (Lipinski definition) is 1. The Balaban J connectivity index is 1.60. The summed E-state index contributed by atoms with van der Waals surface area (Å²) in [6.45, 7) is 10.4. The summed E-state index contributed by atoms with van der Waals surface area (Å²) in [6.07, 6.45) is 3.99. The normalized spacial score (nSPS) is 25.4. The van der Waals surface area contributed by atoms with E-state index < -0.39 is 0 Å². The molecule has 2 saturated heterocycles. The molecule has 0 aromatic carbocycles. The molecular formula is C19H31N3O3. The van der Waals surface area contributed by atoms with Gasteiger partial charge in [-0.25, -0.2) is 0 Å². The number of nitrogens with one attached hydrogen (secondary N) is 1. The molecule has 0 bridgehead atoms. The first-order valence-corrected chi connectivity index (χ1v) is 9.60. The molecule has 0 spiro atoms. The van der Waals surface area contributed by atoms with Gasteiger partial charge in [0.05, 0.1) is 5.69 Å². The van der Waals surface area contributed by atoms with Crippen LogP contribution < -0.4 is 5.32 Å². The quantitative estimate of drug-likeness (QED) is 0.854. The van der Waals surface area contributed by atoms with Gasteiger partial charge in [-0.05, 0) is 39.0 Å². The number of rotatable bonds is 6. The molecule has 0 aliphatic carbocycles. The van der Waals surface area contributed by atoms with Crippen molar-refractivity contribution in [1.29, 1.82) is 0 Å². The lowest BCUT2D eigenvalue weighted by Crippen LogP contribution is -2.44. The van der Waals surface area contributed by atoms with Gasteiger partial charge in [-0.1, -0.05) is 18.5 Å². The van der Waals surface area contributed by atoms with E-state index >= 15 is 0 Å². The van der Waals surface area contributed by atoms with Crippen LogP contribution in [0.5, 0.6) is 0 Å². The van der Waals surface area contributed by atoms with E-state index in [0.717, 1.165) is 56.8 Å². The van der Waals surface area contributed by atoms with E-state index in [1.165, 1.54) is 5.56 Å². The molecule has 3 rings (SSSR count). The van der Waals surface area contributed by atoms with Gasteiger partial charge in [0.25, 0.3) is 0 Å². The summed E-state index contributed by atoms with van der Waals surface area (Å²) >= 11 is 0. The Kier molecular flexibility index (Phi) is 6.12. The highest BCUT2D eigenvalue weighted by Crippen LogP contribution is 2.26. The summed E-state index contributed by atoms with van der Waals surface area (Å²) in [5.41, 5.74) is 2.16. The van der Waals surface area contributed by atoms with Crippen molar-refractivity contribution in [1.82, 2.24) is 15.4 Å². The molecule has 6 nitrogen and oxygen atoms in total. The van der Waals surface area contributed by atoms with Crippen molar-refractivity contribution < 1.29 is 14.1 Å². The minimum atomic E-state index is 0.118.